The summed E-state index contributed by atoms with van der Waals surface area (Å²) in [4.78, 5) is 11.4. The van der Waals surface area contributed by atoms with E-state index < -0.39 is 11.8 Å². The second-order valence-corrected chi connectivity index (χ2v) is 5.52. The summed E-state index contributed by atoms with van der Waals surface area (Å²) in [5.74, 6) is -0.639. The molecule has 1 N–H and O–H groups in total. The van der Waals surface area contributed by atoms with Crippen LogP contribution in [0.3, 0.4) is 0 Å². The molecule has 122 valence electrons. The molecule has 2 aromatic rings. The van der Waals surface area contributed by atoms with Gasteiger partial charge in [0.1, 0.15) is 24.6 Å². The summed E-state index contributed by atoms with van der Waals surface area (Å²) in [6.45, 7) is 2.16. The molecule has 4 nitrogen and oxygen atoms in total. The average molecular weight is 382 g/mol. The van der Waals surface area contributed by atoms with E-state index in [0.717, 1.165) is 5.56 Å². The maximum Gasteiger partial charge on any atom is 0.325 e. The van der Waals surface area contributed by atoms with Gasteiger partial charge in [0.2, 0.25) is 0 Å². The van der Waals surface area contributed by atoms with Crippen molar-refractivity contribution in [3.8, 4) is 5.75 Å². The number of rotatable bonds is 7. The molecule has 0 bridgehead atoms. The molecule has 2 aromatic carbocycles. The number of carbonyl (C=O) groups is 1. The molecule has 0 aromatic heterocycles. The van der Waals surface area contributed by atoms with Gasteiger partial charge in [0, 0.05) is 0 Å². The van der Waals surface area contributed by atoms with Gasteiger partial charge in [-0.15, -0.1) is 0 Å². The smallest absolute Gasteiger partial charge is 0.325 e. The minimum atomic E-state index is -0.514. The number of esters is 1. The molecule has 0 saturated heterocycles. The summed E-state index contributed by atoms with van der Waals surface area (Å²) < 4.78 is 25.1. The average Bonchev–Trinajstić information content (AvgIpc) is 2.56. The third-order valence-electron chi connectivity index (χ3n) is 3.01. The predicted molar refractivity (Wildman–Crippen MR) is 90.0 cm³/mol. The van der Waals surface area contributed by atoms with Crippen LogP contribution in [-0.2, 0) is 16.1 Å². The fourth-order valence-corrected chi connectivity index (χ4v) is 2.26. The Morgan fingerprint density at radius 3 is 2.65 bits per heavy atom. The first-order valence-corrected chi connectivity index (χ1v) is 7.95. The van der Waals surface area contributed by atoms with E-state index in [1.807, 2.05) is 30.3 Å². The molecule has 0 saturated carbocycles. The fourth-order valence-electron chi connectivity index (χ4n) is 1.93. The van der Waals surface area contributed by atoms with Crippen LogP contribution >= 0.6 is 15.9 Å². The van der Waals surface area contributed by atoms with Crippen molar-refractivity contribution in [3.63, 3.8) is 0 Å². The largest absolute Gasteiger partial charge is 0.487 e. The van der Waals surface area contributed by atoms with E-state index in [0.29, 0.717) is 12.4 Å². The lowest BCUT2D eigenvalue weighted by molar-refractivity contribution is -0.140. The van der Waals surface area contributed by atoms with Crippen LogP contribution < -0.4 is 10.1 Å². The van der Waals surface area contributed by atoms with Crippen LogP contribution in [0.4, 0.5) is 10.1 Å². The monoisotopic (exact) mass is 381 g/mol. The molecule has 2 rings (SSSR count). The highest BCUT2D eigenvalue weighted by Gasteiger charge is 2.15. The van der Waals surface area contributed by atoms with E-state index in [1.54, 1.807) is 19.1 Å². The van der Waals surface area contributed by atoms with Gasteiger partial charge in [-0.05, 0) is 40.5 Å². The number of halogens is 2. The molecule has 0 heterocycles. The van der Waals surface area contributed by atoms with Crippen LogP contribution in [0.1, 0.15) is 12.5 Å². The fraction of sp³-hybridized carbons (Fsp3) is 0.235. The highest BCUT2D eigenvalue weighted by Crippen LogP contribution is 2.33. The van der Waals surface area contributed by atoms with Gasteiger partial charge in [0.05, 0.1) is 11.1 Å². The minimum Gasteiger partial charge on any atom is -0.487 e. The quantitative estimate of drug-likeness (QED) is 0.732. The van der Waals surface area contributed by atoms with Gasteiger partial charge >= 0.3 is 5.97 Å². The van der Waals surface area contributed by atoms with Crippen molar-refractivity contribution < 1.29 is 18.7 Å². The Labute approximate surface area is 142 Å². The van der Waals surface area contributed by atoms with E-state index in [2.05, 4.69) is 21.2 Å². The van der Waals surface area contributed by atoms with Crippen molar-refractivity contribution in [1.29, 1.82) is 0 Å². The molecule has 0 spiro atoms. The van der Waals surface area contributed by atoms with Crippen molar-refractivity contribution in [2.24, 2.45) is 0 Å². The molecular formula is C17H17BrFNO3. The third-order valence-corrected chi connectivity index (χ3v) is 3.62. The Balaban J connectivity index is 2.11. The molecule has 6 heteroatoms. The van der Waals surface area contributed by atoms with Gasteiger partial charge in [0.15, 0.2) is 5.82 Å². The second-order valence-electron chi connectivity index (χ2n) is 4.67. The lowest BCUT2D eigenvalue weighted by Gasteiger charge is -2.14. The molecule has 0 fully saturated rings. The maximum absolute atomic E-state index is 14.3. The number of hydrogen-bond acceptors (Lipinski definition) is 4. The lowest BCUT2D eigenvalue weighted by atomic mass is 10.2. The van der Waals surface area contributed by atoms with Crippen LogP contribution in [0.5, 0.6) is 5.75 Å². The molecule has 0 amide bonds. The number of nitrogens with one attached hydrogen (secondary N) is 1. The molecule has 0 radical (unpaired) electrons. The zero-order valence-corrected chi connectivity index (χ0v) is 14.2. The Morgan fingerprint density at radius 1 is 1.22 bits per heavy atom. The standard InChI is InChI=1S/C17H17BrFNO3/c1-2-22-15(21)10-20-17-14(9-8-13(18)16(17)19)23-11-12-6-4-3-5-7-12/h3-9,20H,2,10-11H2,1H3. The zero-order chi connectivity index (χ0) is 16.7. The van der Waals surface area contributed by atoms with Gasteiger partial charge in [0.25, 0.3) is 0 Å². The maximum atomic E-state index is 14.3. The summed E-state index contributed by atoms with van der Waals surface area (Å²) in [6.07, 6.45) is 0. The second kappa shape index (κ2) is 8.53. The Hall–Kier alpha value is -2.08. The van der Waals surface area contributed by atoms with Gasteiger partial charge in [-0.3, -0.25) is 4.79 Å². The molecule has 0 atom stereocenters. The van der Waals surface area contributed by atoms with Crippen LogP contribution in [0.15, 0.2) is 46.9 Å². The Kier molecular flexibility index (Phi) is 6.40. The van der Waals surface area contributed by atoms with E-state index in [9.17, 15) is 9.18 Å². The summed E-state index contributed by atoms with van der Waals surface area (Å²) in [5, 5.41) is 2.74. The number of anilines is 1. The van der Waals surface area contributed by atoms with Gasteiger partial charge < -0.3 is 14.8 Å². The highest BCUT2D eigenvalue weighted by atomic mass is 79.9. The summed E-state index contributed by atoms with van der Waals surface area (Å²) in [5.41, 5.74) is 1.09. The van der Waals surface area contributed by atoms with Crippen LogP contribution in [0.25, 0.3) is 0 Å². The van der Waals surface area contributed by atoms with Gasteiger partial charge in [-0.1, -0.05) is 30.3 Å². The van der Waals surface area contributed by atoms with E-state index in [-0.39, 0.29) is 23.3 Å². The zero-order valence-electron chi connectivity index (χ0n) is 12.6. The van der Waals surface area contributed by atoms with Gasteiger partial charge in [-0.2, -0.15) is 0 Å². The molecule has 0 aliphatic carbocycles. The number of carbonyl (C=O) groups excluding carboxylic acids is 1. The third kappa shape index (κ3) is 4.96. The van der Waals surface area contributed by atoms with E-state index in [4.69, 9.17) is 9.47 Å². The Bertz CT molecular complexity index is 664. The summed E-state index contributed by atoms with van der Waals surface area (Å²) in [6, 6.07) is 12.8. The highest BCUT2D eigenvalue weighted by molar-refractivity contribution is 9.10. The van der Waals surface area contributed by atoms with Crippen molar-refractivity contribution in [2.45, 2.75) is 13.5 Å². The number of hydrogen-bond donors (Lipinski definition) is 1. The molecule has 0 aliphatic rings. The predicted octanol–water partition coefficient (Wildman–Crippen LogP) is 4.14. The first-order chi connectivity index (χ1) is 11.1. The molecule has 23 heavy (non-hydrogen) atoms. The normalized spacial score (nSPS) is 10.2. The Morgan fingerprint density at radius 2 is 1.96 bits per heavy atom. The number of ether oxygens (including phenoxy) is 2. The summed E-state index contributed by atoms with van der Waals surface area (Å²) >= 11 is 3.13. The number of benzene rings is 2. The molecular weight excluding hydrogens is 365 g/mol. The first kappa shape index (κ1) is 17.3. The summed E-state index contributed by atoms with van der Waals surface area (Å²) in [7, 11) is 0. The van der Waals surface area contributed by atoms with E-state index in [1.165, 1.54) is 0 Å². The molecule has 0 aliphatic heterocycles. The SMILES string of the molecule is CCOC(=O)CNc1c(OCc2ccccc2)ccc(Br)c1F. The van der Waals surface area contributed by atoms with Gasteiger partial charge in [-0.25, -0.2) is 4.39 Å². The van der Waals surface area contributed by atoms with Crippen molar-refractivity contribution in [2.75, 3.05) is 18.5 Å². The van der Waals surface area contributed by atoms with Crippen molar-refractivity contribution in [3.05, 3.63) is 58.3 Å². The topological polar surface area (TPSA) is 47.6 Å². The van der Waals surface area contributed by atoms with E-state index >= 15 is 0 Å². The van der Waals surface area contributed by atoms with Crippen molar-refractivity contribution >= 4 is 27.6 Å². The lowest BCUT2D eigenvalue weighted by Crippen LogP contribution is -2.18. The first-order valence-electron chi connectivity index (χ1n) is 7.16. The van der Waals surface area contributed by atoms with Crippen LogP contribution in [0.2, 0.25) is 0 Å². The van der Waals surface area contributed by atoms with Crippen LogP contribution in [-0.4, -0.2) is 19.1 Å². The van der Waals surface area contributed by atoms with Crippen molar-refractivity contribution in [1.82, 2.24) is 0 Å². The minimum absolute atomic E-state index is 0.128. The van der Waals surface area contributed by atoms with Crippen LogP contribution in [0, 0.1) is 5.82 Å². The molecule has 0 unspecified atom stereocenters.